The van der Waals surface area contributed by atoms with Crippen molar-refractivity contribution in [3.8, 4) is 5.75 Å². The van der Waals surface area contributed by atoms with Gasteiger partial charge in [-0.15, -0.1) is 0 Å². The van der Waals surface area contributed by atoms with Crippen molar-refractivity contribution in [3.63, 3.8) is 0 Å². The molecule has 1 aliphatic rings. The molecule has 0 aliphatic carbocycles. The fourth-order valence-corrected chi connectivity index (χ4v) is 4.14. The van der Waals surface area contributed by atoms with Crippen molar-refractivity contribution in [2.75, 3.05) is 25.1 Å². The Morgan fingerprint density at radius 2 is 2.31 bits per heavy atom. The number of carbonyl (C=O) groups is 1. The number of hydrogen-bond acceptors (Lipinski definition) is 7. The van der Waals surface area contributed by atoms with Gasteiger partial charge in [-0.05, 0) is 37.1 Å². The lowest BCUT2D eigenvalue weighted by Gasteiger charge is -2.32. The monoisotopic (exact) mass is 369 g/mol. The van der Waals surface area contributed by atoms with Crippen LogP contribution >= 0.6 is 11.3 Å². The molecule has 0 saturated carbocycles. The Kier molecular flexibility index (Phi) is 4.66. The molecule has 1 saturated heterocycles. The predicted octanol–water partition coefficient (Wildman–Crippen LogP) is 2.49. The van der Waals surface area contributed by atoms with Gasteiger partial charge >= 0.3 is 0 Å². The average molecular weight is 369 g/mol. The van der Waals surface area contributed by atoms with Crippen LogP contribution in [-0.2, 0) is 0 Å². The van der Waals surface area contributed by atoms with E-state index in [-0.39, 0.29) is 11.9 Å². The van der Waals surface area contributed by atoms with Crippen molar-refractivity contribution in [2.24, 2.45) is 0 Å². The summed E-state index contributed by atoms with van der Waals surface area (Å²) in [5.41, 5.74) is 1.36. The molecule has 134 valence electrons. The normalized spacial score (nSPS) is 17.3. The molecule has 3 heterocycles. The average Bonchev–Trinajstić information content (AvgIpc) is 3.12. The third kappa shape index (κ3) is 3.45. The van der Waals surface area contributed by atoms with Gasteiger partial charge in [-0.1, -0.05) is 11.3 Å². The van der Waals surface area contributed by atoms with Gasteiger partial charge in [-0.3, -0.25) is 4.79 Å². The quantitative estimate of drug-likeness (QED) is 0.761. The van der Waals surface area contributed by atoms with Crippen LogP contribution in [0.4, 0.5) is 5.13 Å². The fourth-order valence-electron chi connectivity index (χ4n) is 3.11. The first-order valence-electron chi connectivity index (χ1n) is 8.49. The minimum atomic E-state index is -0.159. The van der Waals surface area contributed by atoms with Crippen molar-refractivity contribution in [1.82, 2.24) is 20.3 Å². The van der Waals surface area contributed by atoms with E-state index in [4.69, 9.17) is 9.72 Å². The van der Waals surface area contributed by atoms with E-state index in [1.807, 2.05) is 18.2 Å². The van der Waals surface area contributed by atoms with E-state index in [1.54, 1.807) is 30.7 Å². The number of anilines is 1. The summed E-state index contributed by atoms with van der Waals surface area (Å²) in [5.74, 6) is 0.676. The molecule has 1 aromatic carbocycles. The highest BCUT2D eigenvalue weighted by Crippen LogP contribution is 2.32. The van der Waals surface area contributed by atoms with Crippen molar-refractivity contribution in [1.29, 1.82) is 0 Å². The Labute approximate surface area is 155 Å². The van der Waals surface area contributed by atoms with Gasteiger partial charge in [-0.25, -0.2) is 15.0 Å². The number of nitrogens with one attached hydrogen (secondary N) is 1. The topological polar surface area (TPSA) is 80.2 Å². The summed E-state index contributed by atoms with van der Waals surface area (Å²) in [7, 11) is 1.67. The maximum absolute atomic E-state index is 12.3. The highest BCUT2D eigenvalue weighted by atomic mass is 32.1. The van der Waals surface area contributed by atoms with Crippen LogP contribution in [0.3, 0.4) is 0 Å². The molecule has 8 heteroatoms. The Morgan fingerprint density at radius 3 is 3.12 bits per heavy atom. The molecular weight excluding hydrogens is 350 g/mol. The molecular formula is C18H19N5O2S. The van der Waals surface area contributed by atoms with E-state index >= 15 is 0 Å². The van der Waals surface area contributed by atoms with Gasteiger partial charge < -0.3 is 15.0 Å². The van der Waals surface area contributed by atoms with Crippen LogP contribution in [0.25, 0.3) is 10.2 Å². The van der Waals surface area contributed by atoms with Crippen molar-refractivity contribution in [3.05, 3.63) is 42.5 Å². The Bertz CT molecular complexity index is 914. The van der Waals surface area contributed by atoms with Crippen molar-refractivity contribution in [2.45, 2.75) is 18.9 Å². The third-order valence-electron chi connectivity index (χ3n) is 4.43. The number of methoxy groups -OCH3 is 1. The lowest BCUT2D eigenvalue weighted by Crippen LogP contribution is -2.48. The van der Waals surface area contributed by atoms with Crippen LogP contribution < -0.4 is 15.0 Å². The molecule has 1 unspecified atom stereocenters. The SMILES string of the molecule is COc1ccc2nc(N3CCCC(NC(=O)c4ccncn4)C3)sc2c1. The molecule has 0 bridgehead atoms. The predicted molar refractivity (Wildman–Crippen MR) is 101 cm³/mol. The largest absolute Gasteiger partial charge is 0.497 e. The molecule has 7 nitrogen and oxygen atoms in total. The van der Waals surface area contributed by atoms with E-state index in [9.17, 15) is 4.79 Å². The minimum absolute atomic E-state index is 0.0766. The molecule has 0 radical (unpaired) electrons. The summed E-state index contributed by atoms with van der Waals surface area (Å²) in [6.45, 7) is 1.69. The maximum atomic E-state index is 12.3. The van der Waals surface area contributed by atoms with Crippen molar-refractivity contribution < 1.29 is 9.53 Å². The standard InChI is InChI=1S/C18H19N5O2S/c1-25-13-4-5-14-16(9-13)26-18(22-14)23-8-2-3-12(10-23)21-17(24)15-6-7-19-11-20-15/h4-7,9,11-12H,2-3,8,10H2,1H3,(H,21,24). The van der Waals surface area contributed by atoms with Crippen LogP contribution in [-0.4, -0.2) is 47.1 Å². The summed E-state index contributed by atoms with van der Waals surface area (Å²) in [5, 5.41) is 4.05. The van der Waals surface area contributed by atoms with Crippen LogP contribution in [0.5, 0.6) is 5.75 Å². The molecule has 1 fully saturated rings. The first-order chi connectivity index (χ1) is 12.7. The third-order valence-corrected chi connectivity index (χ3v) is 5.51. The second-order valence-corrected chi connectivity index (χ2v) is 7.19. The molecule has 1 aliphatic heterocycles. The number of rotatable bonds is 4. The highest BCUT2D eigenvalue weighted by Gasteiger charge is 2.24. The molecule has 0 spiro atoms. The molecule has 4 rings (SSSR count). The Balaban J connectivity index is 1.47. The minimum Gasteiger partial charge on any atom is -0.497 e. The van der Waals surface area contributed by atoms with E-state index in [0.29, 0.717) is 5.69 Å². The molecule has 2 aromatic heterocycles. The summed E-state index contributed by atoms with van der Waals surface area (Å²) in [6.07, 6.45) is 4.92. The van der Waals surface area contributed by atoms with Gasteiger partial charge in [0.25, 0.3) is 5.91 Å². The van der Waals surface area contributed by atoms with Crippen LogP contribution in [0.2, 0.25) is 0 Å². The number of nitrogens with zero attached hydrogens (tertiary/aromatic N) is 4. The maximum Gasteiger partial charge on any atom is 0.270 e. The number of piperidine rings is 1. The zero-order valence-electron chi connectivity index (χ0n) is 14.4. The second-order valence-electron chi connectivity index (χ2n) is 6.18. The molecule has 1 atom stereocenters. The lowest BCUT2D eigenvalue weighted by atomic mass is 10.1. The van der Waals surface area contributed by atoms with Crippen molar-refractivity contribution >= 4 is 32.6 Å². The van der Waals surface area contributed by atoms with Crippen LogP contribution in [0.15, 0.2) is 36.8 Å². The first kappa shape index (κ1) is 16.7. The van der Waals surface area contributed by atoms with Gasteiger partial charge in [0, 0.05) is 25.3 Å². The summed E-state index contributed by atoms with van der Waals surface area (Å²) in [6, 6.07) is 7.61. The Hall–Kier alpha value is -2.74. The molecule has 3 aromatic rings. The number of fused-ring (bicyclic) bond motifs is 1. The summed E-state index contributed by atoms with van der Waals surface area (Å²) < 4.78 is 6.39. The van der Waals surface area contributed by atoms with E-state index in [2.05, 4.69) is 20.2 Å². The Morgan fingerprint density at radius 1 is 1.38 bits per heavy atom. The van der Waals surface area contributed by atoms with Gasteiger partial charge in [0.1, 0.15) is 17.8 Å². The molecule has 1 N–H and O–H groups in total. The first-order valence-corrected chi connectivity index (χ1v) is 9.31. The summed E-state index contributed by atoms with van der Waals surface area (Å²) in [4.78, 5) is 27.2. The zero-order chi connectivity index (χ0) is 17.9. The number of ether oxygens (including phenoxy) is 1. The molecule has 26 heavy (non-hydrogen) atoms. The number of hydrogen-bond donors (Lipinski definition) is 1. The number of benzene rings is 1. The van der Waals surface area contributed by atoms with Gasteiger partial charge in [0.2, 0.25) is 0 Å². The molecule has 1 amide bonds. The number of carbonyl (C=O) groups excluding carboxylic acids is 1. The van der Waals surface area contributed by atoms with Gasteiger partial charge in [0.05, 0.1) is 17.3 Å². The zero-order valence-corrected chi connectivity index (χ0v) is 15.2. The summed E-state index contributed by atoms with van der Waals surface area (Å²) >= 11 is 1.65. The van der Waals surface area contributed by atoms with Crippen LogP contribution in [0.1, 0.15) is 23.3 Å². The fraction of sp³-hybridized carbons (Fsp3) is 0.333. The van der Waals surface area contributed by atoms with E-state index in [1.165, 1.54) is 6.33 Å². The van der Waals surface area contributed by atoms with Crippen LogP contribution in [0, 0.1) is 0 Å². The van der Waals surface area contributed by atoms with Gasteiger partial charge in [0.15, 0.2) is 5.13 Å². The smallest absolute Gasteiger partial charge is 0.270 e. The number of thiazole rings is 1. The highest BCUT2D eigenvalue weighted by molar-refractivity contribution is 7.22. The number of amides is 1. The van der Waals surface area contributed by atoms with E-state index in [0.717, 1.165) is 47.0 Å². The van der Waals surface area contributed by atoms with E-state index < -0.39 is 0 Å². The van der Waals surface area contributed by atoms with Gasteiger partial charge in [-0.2, -0.15) is 0 Å². The lowest BCUT2D eigenvalue weighted by molar-refractivity contribution is 0.0928. The second kappa shape index (κ2) is 7.25. The number of aromatic nitrogens is 3.